The standard InChI is InChI=1S/C26H34N4/c1-19(2)17-26(3)24(28-18-21-8-5-4-6-9-21)29-25(27)30(26)15-14-20-10-7-11-23(16-20)22-12-13-22/h4-11,16,19,22H,12-15,17-18H2,1-3H3,(H2,27,28,29). The predicted molar refractivity (Wildman–Crippen MR) is 126 cm³/mol. The predicted octanol–water partition coefficient (Wildman–Crippen LogP) is 5.14. The number of nitrogens with zero attached hydrogens (tertiary/aromatic N) is 3. The van der Waals surface area contributed by atoms with E-state index in [0.29, 0.717) is 18.4 Å². The molecule has 2 aromatic rings. The monoisotopic (exact) mass is 402 g/mol. The van der Waals surface area contributed by atoms with Crippen molar-refractivity contribution < 1.29 is 0 Å². The van der Waals surface area contributed by atoms with Crippen LogP contribution in [0.25, 0.3) is 0 Å². The molecular formula is C26H34N4. The first-order valence-electron chi connectivity index (χ1n) is 11.2. The third-order valence-electron chi connectivity index (χ3n) is 6.26. The van der Waals surface area contributed by atoms with E-state index < -0.39 is 0 Å². The molecule has 4 heteroatoms. The summed E-state index contributed by atoms with van der Waals surface area (Å²) in [5, 5.41) is 0. The van der Waals surface area contributed by atoms with Crippen LogP contribution in [0.5, 0.6) is 0 Å². The first kappa shape index (κ1) is 20.6. The van der Waals surface area contributed by atoms with E-state index in [9.17, 15) is 0 Å². The molecule has 30 heavy (non-hydrogen) atoms. The van der Waals surface area contributed by atoms with Crippen LogP contribution in [0.1, 0.15) is 62.6 Å². The van der Waals surface area contributed by atoms with Gasteiger partial charge in [0.05, 0.1) is 12.1 Å². The Hall–Kier alpha value is -2.62. The summed E-state index contributed by atoms with van der Waals surface area (Å²) in [6, 6.07) is 19.4. The van der Waals surface area contributed by atoms with E-state index in [2.05, 4.69) is 74.2 Å². The first-order chi connectivity index (χ1) is 14.5. The Kier molecular flexibility index (Phi) is 5.94. The number of benzene rings is 2. The Labute approximate surface area is 180 Å². The Morgan fingerprint density at radius 1 is 1.10 bits per heavy atom. The molecule has 4 rings (SSSR count). The quantitative estimate of drug-likeness (QED) is 0.665. The smallest absolute Gasteiger partial charge is 0.198 e. The summed E-state index contributed by atoms with van der Waals surface area (Å²) in [4.78, 5) is 11.9. The van der Waals surface area contributed by atoms with Crippen LogP contribution in [0.2, 0.25) is 0 Å². The first-order valence-corrected chi connectivity index (χ1v) is 11.2. The number of hydrogen-bond donors (Lipinski definition) is 1. The molecule has 158 valence electrons. The molecule has 2 N–H and O–H groups in total. The van der Waals surface area contributed by atoms with E-state index in [1.165, 1.54) is 29.5 Å². The molecule has 1 atom stereocenters. The molecule has 0 bridgehead atoms. The summed E-state index contributed by atoms with van der Waals surface area (Å²) >= 11 is 0. The molecule has 1 fully saturated rings. The van der Waals surface area contributed by atoms with Crippen molar-refractivity contribution in [1.82, 2.24) is 4.90 Å². The van der Waals surface area contributed by atoms with Crippen LogP contribution in [0.15, 0.2) is 64.6 Å². The fourth-order valence-corrected chi connectivity index (χ4v) is 4.64. The number of hydrogen-bond acceptors (Lipinski definition) is 3. The Morgan fingerprint density at radius 3 is 2.53 bits per heavy atom. The minimum Gasteiger partial charge on any atom is -0.369 e. The third kappa shape index (κ3) is 4.58. The van der Waals surface area contributed by atoms with Gasteiger partial charge in [0, 0.05) is 6.54 Å². The summed E-state index contributed by atoms with van der Waals surface area (Å²) in [6.07, 6.45) is 4.62. The van der Waals surface area contributed by atoms with Crippen molar-refractivity contribution in [1.29, 1.82) is 0 Å². The lowest BCUT2D eigenvalue weighted by Crippen LogP contribution is -2.52. The number of rotatable bonds is 8. The highest BCUT2D eigenvalue weighted by atomic mass is 15.4. The highest BCUT2D eigenvalue weighted by molar-refractivity contribution is 6.07. The van der Waals surface area contributed by atoms with Crippen molar-refractivity contribution in [2.75, 3.05) is 6.54 Å². The van der Waals surface area contributed by atoms with Crippen molar-refractivity contribution in [3.05, 3.63) is 71.3 Å². The molecule has 1 unspecified atom stereocenters. The maximum absolute atomic E-state index is 6.44. The number of nitrogens with two attached hydrogens (primary N) is 1. The third-order valence-corrected chi connectivity index (χ3v) is 6.26. The lowest BCUT2D eigenvalue weighted by molar-refractivity contribution is 0.240. The van der Waals surface area contributed by atoms with Gasteiger partial charge in [-0.1, -0.05) is 68.4 Å². The van der Waals surface area contributed by atoms with Gasteiger partial charge in [0.1, 0.15) is 0 Å². The molecule has 0 amide bonds. The molecule has 0 saturated heterocycles. The van der Waals surface area contributed by atoms with Gasteiger partial charge >= 0.3 is 0 Å². The molecule has 1 saturated carbocycles. The molecular weight excluding hydrogens is 368 g/mol. The van der Waals surface area contributed by atoms with Crippen molar-refractivity contribution in [3.63, 3.8) is 0 Å². The van der Waals surface area contributed by atoms with Crippen LogP contribution >= 0.6 is 0 Å². The minimum absolute atomic E-state index is 0.263. The second-order valence-corrected chi connectivity index (χ2v) is 9.39. The van der Waals surface area contributed by atoms with Crippen molar-refractivity contribution in [2.45, 2.75) is 64.5 Å². The molecule has 1 heterocycles. The Balaban J connectivity index is 1.52. The van der Waals surface area contributed by atoms with E-state index in [4.69, 9.17) is 15.7 Å². The lowest BCUT2D eigenvalue weighted by atomic mass is 9.88. The molecule has 2 aromatic carbocycles. The SMILES string of the molecule is CC(C)CC1(C)C(=NCc2ccccc2)N=C(N)N1CCc1cccc(C2CC2)c1. The van der Waals surface area contributed by atoms with Gasteiger partial charge in [-0.2, -0.15) is 4.99 Å². The van der Waals surface area contributed by atoms with Crippen LogP contribution in [-0.2, 0) is 13.0 Å². The molecule has 4 nitrogen and oxygen atoms in total. The largest absolute Gasteiger partial charge is 0.369 e. The lowest BCUT2D eigenvalue weighted by Gasteiger charge is -2.37. The van der Waals surface area contributed by atoms with Crippen LogP contribution in [0.3, 0.4) is 0 Å². The topological polar surface area (TPSA) is 54.0 Å². The highest BCUT2D eigenvalue weighted by Crippen LogP contribution is 2.40. The van der Waals surface area contributed by atoms with Crippen LogP contribution in [0.4, 0.5) is 0 Å². The van der Waals surface area contributed by atoms with Crippen molar-refractivity contribution in [3.8, 4) is 0 Å². The molecule has 1 aliphatic carbocycles. The van der Waals surface area contributed by atoms with E-state index in [1.807, 2.05) is 6.07 Å². The summed E-state index contributed by atoms with van der Waals surface area (Å²) in [5.41, 5.74) is 10.2. The number of guanidine groups is 1. The Morgan fingerprint density at radius 2 is 1.83 bits per heavy atom. The molecule has 1 aliphatic heterocycles. The van der Waals surface area contributed by atoms with Gasteiger partial charge in [-0.15, -0.1) is 0 Å². The zero-order valence-corrected chi connectivity index (χ0v) is 18.5. The van der Waals surface area contributed by atoms with Crippen LogP contribution in [0, 0.1) is 5.92 Å². The molecule has 0 radical (unpaired) electrons. The van der Waals surface area contributed by atoms with Gasteiger partial charge in [-0.05, 0) is 61.1 Å². The fourth-order valence-electron chi connectivity index (χ4n) is 4.64. The van der Waals surface area contributed by atoms with Gasteiger partial charge in [0.25, 0.3) is 0 Å². The van der Waals surface area contributed by atoms with E-state index in [-0.39, 0.29) is 5.54 Å². The Bertz CT molecular complexity index is 927. The van der Waals surface area contributed by atoms with Gasteiger partial charge in [-0.3, -0.25) is 4.99 Å². The number of aliphatic imine (C=N–C) groups is 2. The summed E-state index contributed by atoms with van der Waals surface area (Å²) in [5.74, 6) is 2.78. The zero-order chi connectivity index (χ0) is 21.1. The average Bonchev–Trinajstić information content (AvgIpc) is 3.54. The minimum atomic E-state index is -0.263. The van der Waals surface area contributed by atoms with Gasteiger partial charge < -0.3 is 10.6 Å². The van der Waals surface area contributed by atoms with E-state index in [1.54, 1.807) is 0 Å². The highest BCUT2D eigenvalue weighted by Gasteiger charge is 2.43. The zero-order valence-electron chi connectivity index (χ0n) is 18.5. The van der Waals surface area contributed by atoms with E-state index in [0.717, 1.165) is 31.1 Å². The fraction of sp³-hybridized carbons (Fsp3) is 0.462. The van der Waals surface area contributed by atoms with Crippen molar-refractivity contribution in [2.24, 2.45) is 21.6 Å². The second kappa shape index (κ2) is 8.63. The van der Waals surface area contributed by atoms with Gasteiger partial charge in [0.2, 0.25) is 0 Å². The molecule has 0 aromatic heterocycles. The van der Waals surface area contributed by atoms with Gasteiger partial charge in [-0.25, -0.2) is 0 Å². The summed E-state index contributed by atoms with van der Waals surface area (Å²) in [6.45, 7) is 8.26. The second-order valence-electron chi connectivity index (χ2n) is 9.39. The summed E-state index contributed by atoms with van der Waals surface area (Å²) < 4.78 is 0. The van der Waals surface area contributed by atoms with Crippen molar-refractivity contribution >= 4 is 11.8 Å². The number of amidine groups is 1. The maximum Gasteiger partial charge on any atom is 0.198 e. The normalized spacial score (nSPS) is 22.7. The average molecular weight is 403 g/mol. The van der Waals surface area contributed by atoms with Crippen LogP contribution < -0.4 is 5.73 Å². The molecule has 2 aliphatic rings. The summed E-state index contributed by atoms with van der Waals surface area (Å²) in [7, 11) is 0. The van der Waals surface area contributed by atoms with Gasteiger partial charge in [0.15, 0.2) is 11.8 Å². The maximum atomic E-state index is 6.44. The molecule has 0 spiro atoms. The van der Waals surface area contributed by atoms with E-state index >= 15 is 0 Å². The van der Waals surface area contributed by atoms with Crippen LogP contribution in [-0.4, -0.2) is 28.8 Å².